The molecule has 4 rings (SSSR count). The summed E-state index contributed by atoms with van der Waals surface area (Å²) in [6.07, 6.45) is 0. The summed E-state index contributed by atoms with van der Waals surface area (Å²) in [5, 5.41) is 3.60. The van der Waals surface area contributed by atoms with Gasteiger partial charge in [0.2, 0.25) is 5.91 Å². The van der Waals surface area contributed by atoms with Crippen LogP contribution >= 0.6 is 11.8 Å². The predicted octanol–water partition coefficient (Wildman–Crippen LogP) is 4.63. The summed E-state index contributed by atoms with van der Waals surface area (Å²) >= 11 is 1.13. The van der Waals surface area contributed by atoms with Crippen molar-refractivity contribution in [1.29, 1.82) is 0 Å². The van der Waals surface area contributed by atoms with E-state index >= 15 is 0 Å². The summed E-state index contributed by atoms with van der Waals surface area (Å²) in [4.78, 5) is 32.4. The Hall–Kier alpha value is -3.65. The molecule has 0 aliphatic rings. The van der Waals surface area contributed by atoms with Crippen molar-refractivity contribution in [1.82, 2.24) is 9.55 Å². The number of anilines is 2. The monoisotopic (exact) mass is 462 g/mol. The largest absolute Gasteiger partial charge is 0.378 e. The fourth-order valence-electron chi connectivity index (χ4n) is 3.33. The predicted molar refractivity (Wildman–Crippen MR) is 132 cm³/mol. The molecule has 3 aromatic carbocycles. The molecule has 0 spiro atoms. The van der Waals surface area contributed by atoms with Gasteiger partial charge in [0.15, 0.2) is 5.16 Å². The van der Waals surface area contributed by atoms with Crippen molar-refractivity contribution in [3.8, 4) is 5.69 Å². The summed E-state index contributed by atoms with van der Waals surface area (Å²) in [5.74, 6) is -0.613. The summed E-state index contributed by atoms with van der Waals surface area (Å²) in [6.45, 7) is 1.66. The summed E-state index contributed by atoms with van der Waals surface area (Å²) in [5.41, 5.74) is 2.75. The Kier molecular flexibility index (Phi) is 6.46. The lowest BCUT2D eigenvalue weighted by atomic mass is 10.2. The van der Waals surface area contributed by atoms with Gasteiger partial charge >= 0.3 is 0 Å². The summed E-state index contributed by atoms with van der Waals surface area (Å²) in [6, 6.07) is 19.1. The van der Waals surface area contributed by atoms with E-state index in [0.29, 0.717) is 33.0 Å². The van der Waals surface area contributed by atoms with Gasteiger partial charge < -0.3 is 10.2 Å². The topological polar surface area (TPSA) is 67.2 Å². The highest BCUT2D eigenvalue weighted by Gasteiger charge is 2.16. The Labute approximate surface area is 195 Å². The maximum absolute atomic E-state index is 14.3. The molecule has 0 saturated carbocycles. The number of aromatic nitrogens is 2. The van der Waals surface area contributed by atoms with Crippen molar-refractivity contribution in [3.05, 3.63) is 88.5 Å². The minimum absolute atomic E-state index is 0.0363. The second-order valence-electron chi connectivity index (χ2n) is 7.76. The Balaban J connectivity index is 1.63. The van der Waals surface area contributed by atoms with E-state index in [9.17, 15) is 14.0 Å². The molecule has 1 heterocycles. The minimum atomic E-state index is -0.414. The molecular formula is C25H23FN4O2S. The van der Waals surface area contributed by atoms with Crippen LogP contribution < -0.4 is 15.8 Å². The highest BCUT2D eigenvalue weighted by Crippen LogP contribution is 2.23. The average Bonchev–Trinajstić information content (AvgIpc) is 2.80. The van der Waals surface area contributed by atoms with Crippen molar-refractivity contribution >= 4 is 39.9 Å². The van der Waals surface area contributed by atoms with Crippen LogP contribution in [0.25, 0.3) is 16.6 Å². The zero-order valence-corrected chi connectivity index (χ0v) is 19.3. The molecule has 0 radical (unpaired) electrons. The number of carbonyl (C=O) groups is 1. The van der Waals surface area contributed by atoms with Gasteiger partial charge in [0, 0.05) is 25.5 Å². The minimum Gasteiger partial charge on any atom is -0.378 e. The number of carbonyl (C=O) groups excluding carboxylic acids is 1. The van der Waals surface area contributed by atoms with Gasteiger partial charge in [-0.3, -0.25) is 14.2 Å². The quantitative estimate of drug-likeness (QED) is 0.334. The first-order valence-electron chi connectivity index (χ1n) is 10.3. The van der Waals surface area contributed by atoms with Crippen molar-refractivity contribution in [2.45, 2.75) is 12.1 Å². The van der Waals surface area contributed by atoms with Crippen LogP contribution in [0.2, 0.25) is 0 Å². The third-order valence-electron chi connectivity index (χ3n) is 5.16. The number of thioether (sulfide) groups is 1. The SMILES string of the molecule is Cc1ccc(-n2c(SCC(=O)Nc3ccc(N(C)C)cc3)nc3ccccc3c2=O)cc1F. The van der Waals surface area contributed by atoms with Gasteiger partial charge in [-0.2, -0.15) is 0 Å². The zero-order valence-electron chi connectivity index (χ0n) is 18.5. The Morgan fingerprint density at radius 3 is 2.52 bits per heavy atom. The van der Waals surface area contributed by atoms with Crippen LogP contribution in [0.1, 0.15) is 5.56 Å². The number of amides is 1. The second kappa shape index (κ2) is 9.46. The van der Waals surface area contributed by atoms with E-state index < -0.39 is 5.82 Å². The van der Waals surface area contributed by atoms with Gasteiger partial charge in [-0.15, -0.1) is 0 Å². The summed E-state index contributed by atoms with van der Waals surface area (Å²) < 4.78 is 15.6. The molecule has 1 amide bonds. The summed E-state index contributed by atoms with van der Waals surface area (Å²) in [7, 11) is 3.89. The number of rotatable bonds is 6. The molecule has 1 N–H and O–H groups in total. The van der Waals surface area contributed by atoms with Crippen LogP contribution in [-0.4, -0.2) is 35.3 Å². The number of aryl methyl sites for hydroxylation is 1. The number of fused-ring (bicyclic) bond motifs is 1. The first-order chi connectivity index (χ1) is 15.8. The first-order valence-corrected chi connectivity index (χ1v) is 11.3. The lowest BCUT2D eigenvalue weighted by Gasteiger charge is -2.14. The number of halogens is 1. The lowest BCUT2D eigenvalue weighted by Crippen LogP contribution is -2.23. The van der Waals surface area contributed by atoms with Crippen molar-refractivity contribution < 1.29 is 9.18 Å². The average molecular weight is 463 g/mol. The molecule has 1 aromatic heterocycles. The fourth-order valence-corrected chi connectivity index (χ4v) is 4.14. The Morgan fingerprint density at radius 1 is 1.09 bits per heavy atom. The molecule has 8 heteroatoms. The maximum Gasteiger partial charge on any atom is 0.266 e. The van der Waals surface area contributed by atoms with Gasteiger partial charge in [-0.05, 0) is 61.0 Å². The molecular weight excluding hydrogens is 439 g/mol. The van der Waals surface area contributed by atoms with Crippen LogP contribution in [0.4, 0.5) is 15.8 Å². The smallest absolute Gasteiger partial charge is 0.266 e. The molecule has 33 heavy (non-hydrogen) atoms. The third-order valence-corrected chi connectivity index (χ3v) is 6.10. The molecule has 0 bridgehead atoms. The lowest BCUT2D eigenvalue weighted by molar-refractivity contribution is -0.113. The van der Waals surface area contributed by atoms with Crippen LogP contribution in [0.15, 0.2) is 76.7 Å². The number of hydrogen-bond donors (Lipinski definition) is 1. The molecule has 0 unspecified atom stereocenters. The van der Waals surface area contributed by atoms with Crippen molar-refractivity contribution in [2.24, 2.45) is 0 Å². The highest BCUT2D eigenvalue weighted by atomic mass is 32.2. The molecule has 0 aliphatic heterocycles. The van der Waals surface area contributed by atoms with Gasteiger partial charge in [0.05, 0.1) is 22.3 Å². The number of nitrogens with zero attached hydrogens (tertiary/aromatic N) is 3. The molecule has 0 saturated heterocycles. The maximum atomic E-state index is 14.3. The van der Waals surface area contributed by atoms with E-state index in [4.69, 9.17) is 0 Å². The van der Waals surface area contributed by atoms with E-state index in [1.807, 2.05) is 43.3 Å². The molecule has 0 aliphatic carbocycles. The van der Waals surface area contributed by atoms with Crippen LogP contribution in [0, 0.1) is 12.7 Å². The van der Waals surface area contributed by atoms with Crippen molar-refractivity contribution in [3.63, 3.8) is 0 Å². The number of nitrogens with one attached hydrogen (secondary N) is 1. The third kappa shape index (κ3) is 4.90. The molecule has 6 nitrogen and oxygen atoms in total. The molecule has 4 aromatic rings. The molecule has 0 atom stereocenters. The van der Waals surface area contributed by atoms with Gasteiger partial charge in [0.1, 0.15) is 5.82 Å². The van der Waals surface area contributed by atoms with E-state index in [2.05, 4.69) is 10.3 Å². The Morgan fingerprint density at radius 2 is 1.82 bits per heavy atom. The van der Waals surface area contributed by atoms with Crippen LogP contribution in [0.3, 0.4) is 0 Å². The molecule has 168 valence electrons. The van der Waals surface area contributed by atoms with E-state index in [-0.39, 0.29) is 17.2 Å². The normalized spacial score (nSPS) is 10.9. The van der Waals surface area contributed by atoms with E-state index in [1.54, 1.807) is 43.3 Å². The van der Waals surface area contributed by atoms with E-state index in [0.717, 1.165) is 17.4 Å². The zero-order chi connectivity index (χ0) is 23.5. The number of hydrogen-bond acceptors (Lipinski definition) is 5. The molecule has 0 fully saturated rings. The van der Waals surface area contributed by atoms with Gasteiger partial charge in [-0.1, -0.05) is 30.0 Å². The van der Waals surface area contributed by atoms with Crippen LogP contribution in [0.5, 0.6) is 0 Å². The fraction of sp³-hybridized carbons (Fsp3) is 0.160. The highest BCUT2D eigenvalue weighted by molar-refractivity contribution is 7.99. The first kappa shape index (κ1) is 22.5. The number of benzene rings is 3. The van der Waals surface area contributed by atoms with Crippen molar-refractivity contribution in [2.75, 3.05) is 30.1 Å². The number of para-hydroxylation sites is 1. The second-order valence-corrected chi connectivity index (χ2v) is 8.71. The Bertz CT molecular complexity index is 1380. The van der Waals surface area contributed by atoms with Gasteiger partial charge in [0.25, 0.3) is 5.56 Å². The van der Waals surface area contributed by atoms with Gasteiger partial charge in [-0.25, -0.2) is 9.37 Å². The van der Waals surface area contributed by atoms with Crippen LogP contribution in [-0.2, 0) is 4.79 Å². The van der Waals surface area contributed by atoms with E-state index in [1.165, 1.54) is 10.6 Å². The standard InChI is InChI=1S/C25H23FN4O2S/c1-16-8-11-19(14-21(16)26)30-24(32)20-6-4-5-7-22(20)28-25(30)33-15-23(31)27-17-9-12-18(13-10-17)29(2)3/h4-14H,15H2,1-3H3,(H,27,31).